The van der Waals surface area contributed by atoms with Crippen molar-refractivity contribution in [3.63, 3.8) is 0 Å². The molecule has 0 radical (unpaired) electrons. The van der Waals surface area contributed by atoms with Crippen molar-refractivity contribution in [2.75, 3.05) is 6.61 Å². The van der Waals surface area contributed by atoms with E-state index in [9.17, 15) is 4.39 Å². The van der Waals surface area contributed by atoms with Crippen molar-refractivity contribution in [3.05, 3.63) is 29.6 Å². The molecule has 1 N–H and O–H groups in total. The van der Waals surface area contributed by atoms with E-state index in [2.05, 4.69) is 0 Å². The SMILES string of the molecule is Cc1ccc(OCC(C)O)cc1F. The maximum Gasteiger partial charge on any atom is 0.129 e. The fourth-order valence-corrected chi connectivity index (χ4v) is 0.880. The number of benzene rings is 1. The molecule has 0 aromatic heterocycles. The van der Waals surface area contributed by atoms with Crippen LogP contribution in [-0.2, 0) is 0 Å². The summed E-state index contributed by atoms with van der Waals surface area (Å²) in [7, 11) is 0. The molecule has 1 aromatic carbocycles. The summed E-state index contributed by atoms with van der Waals surface area (Å²) in [5, 5.41) is 8.92. The van der Waals surface area contributed by atoms with Crippen LogP contribution < -0.4 is 4.74 Å². The van der Waals surface area contributed by atoms with E-state index >= 15 is 0 Å². The van der Waals surface area contributed by atoms with Gasteiger partial charge in [0, 0.05) is 6.07 Å². The van der Waals surface area contributed by atoms with Crippen LogP contribution >= 0.6 is 0 Å². The van der Waals surface area contributed by atoms with Gasteiger partial charge in [-0.15, -0.1) is 0 Å². The first kappa shape index (κ1) is 9.99. The topological polar surface area (TPSA) is 29.5 Å². The molecule has 72 valence electrons. The predicted octanol–water partition coefficient (Wildman–Crippen LogP) is 1.89. The fourth-order valence-electron chi connectivity index (χ4n) is 0.880. The molecule has 13 heavy (non-hydrogen) atoms. The minimum atomic E-state index is -0.538. The van der Waals surface area contributed by atoms with Crippen LogP contribution in [0.5, 0.6) is 5.75 Å². The van der Waals surface area contributed by atoms with Crippen LogP contribution in [0.25, 0.3) is 0 Å². The van der Waals surface area contributed by atoms with Gasteiger partial charge in [-0.05, 0) is 25.5 Å². The van der Waals surface area contributed by atoms with Gasteiger partial charge in [0.25, 0.3) is 0 Å². The van der Waals surface area contributed by atoms with Crippen LogP contribution in [0.2, 0.25) is 0 Å². The van der Waals surface area contributed by atoms with E-state index in [-0.39, 0.29) is 12.4 Å². The molecule has 0 spiro atoms. The Morgan fingerprint density at radius 1 is 1.54 bits per heavy atom. The third kappa shape index (κ3) is 3.03. The average molecular weight is 184 g/mol. The van der Waals surface area contributed by atoms with E-state index in [1.165, 1.54) is 6.07 Å². The Labute approximate surface area is 77.0 Å². The molecule has 0 saturated heterocycles. The molecular formula is C10H13FO2. The van der Waals surface area contributed by atoms with Crippen LogP contribution in [0.15, 0.2) is 18.2 Å². The van der Waals surface area contributed by atoms with Gasteiger partial charge in [-0.3, -0.25) is 0 Å². The highest BCUT2D eigenvalue weighted by atomic mass is 19.1. The number of halogens is 1. The van der Waals surface area contributed by atoms with Crippen molar-refractivity contribution in [2.24, 2.45) is 0 Å². The second kappa shape index (κ2) is 4.23. The van der Waals surface area contributed by atoms with E-state index in [1.54, 1.807) is 26.0 Å². The van der Waals surface area contributed by atoms with Crippen LogP contribution in [0.3, 0.4) is 0 Å². The largest absolute Gasteiger partial charge is 0.491 e. The lowest BCUT2D eigenvalue weighted by molar-refractivity contribution is 0.122. The van der Waals surface area contributed by atoms with Crippen molar-refractivity contribution in [2.45, 2.75) is 20.0 Å². The highest BCUT2D eigenvalue weighted by Crippen LogP contribution is 2.15. The number of aliphatic hydroxyl groups excluding tert-OH is 1. The molecule has 0 saturated carbocycles. The number of aryl methyl sites for hydroxylation is 1. The van der Waals surface area contributed by atoms with Crippen LogP contribution in [0.1, 0.15) is 12.5 Å². The number of ether oxygens (including phenoxy) is 1. The Morgan fingerprint density at radius 3 is 2.77 bits per heavy atom. The first-order valence-corrected chi connectivity index (χ1v) is 4.16. The van der Waals surface area contributed by atoms with Crippen molar-refractivity contribution in [1.82, 2.24) is 0 Å². The molecule has 1 unspecified atom stereocenters. The van der Waals surface area contributed by atoms with E-state index < -0.39 is 6.10 Å². The molecule has 1 rings (SSSR count). The summed E-state index contributed by atoms with van der Waals surface area (Å²) in [5.41, 5.74) is 0.587. The summed E-state index contributed by atoms with van der Waals surface area (Å²) < 4.78 is 18.1. The number of hydrogen-bond donors (Lipinski definition) is 1. The lowest BCUT2D eigenvalue weighted by Gasteiger charge is -2.08. The summed E-state index contributed by atoms with van der Waals surface area (Å²) in [5.74, 6) is 0.159. The molecule has 3 heteroatoms. The van der Waals surface area contributed by atoms with Crippen molar-refractivity contribution >= 4 is 0 Å². The summed E-state index contributed by atoms with van der Waals surface area (Å²) in [6.45, 7) is 3.49. The van der Waals surface area contributed by atoms with Gasteiger partial charge in [0.15, 0.2) is 0 Å². The molecule has 0 aliphatic rings. The van der Waals surface area contributed by atoms with Crippen molar-refractivity contribution in [1.29, 1.82) is 0 Å². The van der Waals surface area contributed by atoms with E-state index in [4.69, 9.17) is 9.84 Å². The van der Waals surface area contributed by atoms with Gasteiger partial charge >= 0.3 is 0 Å². The predicted molar refractivity (Wildman–Crippen MR) is 48.3 cm³/mol. The van der Waals surface area contributed by atoms with Crippen LogP contribution in [0.4, 0.5) is 4.39 Å². The number of aliphatic hydroxyl groups is 1. The van der Waals surface area contributed by atoms with Gasteiger partial charge in [-0.2, -0.15) is 0 Å². The molecule has 0 heterocycles. The van der Waals surface area contributed by atoms with E-state index in [1.807, 2.05) is 0 Å². The second-order valence-electron chi connectivity index (χ2n) is 3.07. The minimum Gasteiger partial charge on any atom is -0.491 e. The normalized spacial score (nSPS) is 12.6. The Kier molecular flexibility index (Phi) is 3.25. The third-order valence-corrected chi connectivity index (χ3v) is 1.63. The molecule has 2 nitrogen and oxygen atoms in total. The molecule has 0 fully saturated rings. The highest BCUT2D eigenvalue weighted by Gasteiger charge is 2.01. The Bertz CT molecular complexity index is 284. The first-order chi connectivity index (χ1) is 6.09. The minimum absolute atomic E-state index is 0.183. The lowest BCUT2D eigenvalue weighted by Crippen LogP contribution is -2.12. The number of hydrogen-bond acceptors (Lipinski definition) is 2. The Hall–Kier alpha value is -1.09. The Morgan fingerprint density at radius 2 is 2.23 bits per heavy atom. The van der Waals surface area contributed by atoms with Gasteiger partial charge < -0.3 is 9.84 Å². The summed E-state index contributed by atoms with van der Waals surface area (Å²) >= 11 is 0. The molecule has 0 amide bonds. The van der Waals surface area contributed by atoms with Gasteiger partial charge in [0.05, 0.1) is 6.10 Å². The molecular weight excluding hydrogens is 171 g/mol. The smallest absolute Gasteiger partial charge is 0.129 e. The second-order valence-corrected chi connectivity index (χ2v) is 3.07. The lowest BCUT2D eigenvalue weighted by atomic mass is 10.2. The van der Waals surface area contributed by atoms with Gasteiger partial charge in [0.2, 0.25) is 0 Å². The summed E-state index contributed by atoms with van der Waals surface area (Å²) in [6.07, 6.45) is -0.538. The molecule has 1 aromatic rings. The van der Waals surface area contributed by atoms with Crippen LogP contribution in [-0.4, -0.2) is 17.8 Å². The maximum absolute atomic E-state index is 13.0. The van der Waals surface area contributed by atoms with Gasteiger partial charge in [-0.25, -0.2) is 4.39 Å². The van der Waals surface area contributed by atoms with E-state index in [0.29, 0.717) is 11.3 Å². The average Bonchev–Trinajstić information content (AvgIpc) is 2.07. The van der Waals surface area contributed by atoms with Crippen molar-refractivity contribution in [3.8, 4) is 5.75 Å². The zero-order chi connectivity index (χ0) is 9.84. The molecule has 0 bridgehead atoms. The molecule has 0 aliphatic carbocycles. The highest BCUT2D eigenvalue weighted by molar-refractivity contribution is 5.27. The monoisotopic (exact) mass is 184 g/mol. The third-order valence-electron chi connectivity index (χ3n) is 1.63. The summed E-state index contributed by atoms with van der Waals surface area (Å²) in [4.78, 5) is 0. The maximum atomic E-state index is 13.0. The first-order valence-electron chi connectivity index (χ1n) is 4.16. The summed E-state index contributed by atoms with van der Waals surface area (Å²) in [6, 6.07) is 4.64. The zero-order valence-corrected chi connectivity index (χ0v) is 7.75. The van der Waals surface area contributed by atoms with Crippen LogP contribution in [0, 0.1) is 12.7 Å². The molecule has 1 atom stereocenters. The standard InChI is InChI=1S/C10H13FO2/c1-7-3-4-9(5-10(7)11)13-6-8(2)12/h3-5,8,12H,6H2,1-2H3. The molecule has 0 aliphatic heterocycles. The van der Waals surface area contributed by atoms with Crippen molar-refractivity contribution < 1.29 is 14.2 Å². The fraction of sp³-hybridized carbons (Fsp3) is 0.400. The van der Waals surface area contributed by atoms with Gasteiger partial charge in [0.1, 0.15) is 18.2 Å². The Balaban J connectivity index is 2.63. The van der Waals surface area contributed by atoms with E-state index in [0.717, 1.165) is 0 Å². The number of rotatable bonds is 3. The zero-order valence-electron chi connectivity index (χ0n) is 7.75. The van der Waals surface area contributed by atoms with Gasteiger partial charge in [-0.1, -0.05) is 6.07 Å². The quantitative estimate of drug-likeness (QED) is 0.777.